The molecule has 0 saturated carbocycles. The van der Waals surface area contributed by atoms with Crippen LogP contribution in [0.3, 0.4) is 0 Å². The van der Waals surface area contributed by atoms with Gasteiger partial charge in [0.05, 0.1) is 6.61 Å². The predicted molar refractivity (Wildman–Crippen MR) is 98.6 cm³/mol. The molecule has 4 heteroatoms. The number of piperazine rings is 1. The molecule has 2 aromatic carbocycles. The summed E-state index contributed by atoms with van der Waals surface area (Å²) < 4.78 is 5.62. The number of carbonyl (C=O) groups excluding carboxylic acids is 1. The quantitative estimate of drug-likeness (QED) is 0.861. The summed E-state index contributed by atoms with van der Waals surface area (Å²) in [5.41, 5.74) is 3.89. The van der Waals surface area contributed by atoms with Crippen molar-refractivity contribution in [1.29, 1.82) is 0 Å². The van der Waals surface area contributed by atoms with Crippen LogP contribution in [0.4, 0.5) is 5.69 Å². The highest BCUT2D eigenvalue weighted by Gasteiger charge is 2.32. The Morgan fingerprint density at radius 2 is 1.84 bits per heavy atom. The Labute approximate surface area is 149 Å². The Morgan fingerprint density at radius 1 is 1.04 bits per heavy atom. The van der Waals surface area contributed by atoms with Crippen molar-refractivity contribution in [2.24, 2.45) is 0 Å². The van der Waals surface area contributed by atoms with Crippen LogP contribution < -0.4 is 4.90 Å². The smallest absolute Gasteiger partial charge is 0.248 e. The lowest BCUT2D eigenvalue weighted by atomic mass is 9.94. The minimum atomic E-state index is 0.106. The molecular formula is C21H24N2O2. The molecule has 0 aliphatic carbocycles. The zero-order valence-electron chi connectivity index (χ0n) is 14.4. The van der Waals surface area contributed by atoms with E-state index in [1.165, 1.54) is 11.3 Å². The number of benzene rings is 2. The van der Waals surface area contributed by atoms with Gasteiger partial charge in [-0.25, -0.2) is 0 Å². The van der Waals surface area contributed by atoms with Crippen molar-refractivity contribution >= 4 is 11.6 Å². The Balaban J connectivity index is 1.31. The maximum atomic E-state index is 12.5. The molecule has 1 atom stereocenters. The number of aryl methyl sites for hydroxylation is 1. The monoisotopic (exact) mass is 336 g/mol. The van der Waals surface area contributed by atoms with Gasteiger partial charge < -0.3 is 14.5 Å². The van der Waals surface area contributed by atoms with Crippen molar-refractivity contribution in [3.63, 3.8) is 0 Å². The average molecular weight is 336 g/mol. The average Bonchev–Trinajstić information content (AvgIpc) is 2.68. The Bertz CT molecular complexity index is 732. The Hall–Kier alpha value is -2.33. The molecule has 0 spiro atoms. The standard InChI is InChI=1S/C21H24N2O2/c24-21(16-25-15-17-6-2-1-3-7-17)22-12-13-23-19(14-22)11-10-18-8-4-5-9-20(18)23/h1-9,19H,10-16H2. The van der Waals surface area contributed by atoms with Crippen LogP contribution in [-0.4, -0.2) is 43.1 Å². The molecule has 2 aliphatic heterocycles. The second kappa shape index (κ2) is 7.28. The molecule has 1 fully saturated rings. The van der Waals surface area contributed by atoms with Crippen LogP contribution >= 0.6 is 0 Å². The van der Waals surface area contributed by atoms with Crippen LogP contribution in [0.2, 0.25) is 0 Å². The fourth-order valence-electron chi connectivity index (χ4n) is 3.89. The number of rotatable bonds is 4. The van der Waals surface area contributed by atoms with Gasteiger partial charge in [-0.05, 0) is 30.0 Å². The molecule has 2 heterocycles. The molecule has 0 bridgehead atoms. The zero-order valence-corrected chi connectivity index (χ0v) is 14.4. The van der Waals surface area contributed by atoms with E-state index in [2.05, 4.69) is 29.2 Å². The van der Waals surface area contributed by atoms with Gasteiger partial charge in [0.15, 0.2) is 0 Å². The van der Waals surface area contributed by atoms with E-state index in [9.17, 15) is 4.79 Å². The third kappa shape index (κ3) is 3.54. The number of anilines is 1. The number of hydrogen-bond donors (Lipinski definition) is 0. The Morgan fingerprint density at radius 3 is 2.72 bits per heavy atom. The van der Waals surface area contributed by atoms with Crippen molar-refractivity contribution < 1.29 is 9.53 Å². The topological polar surface area (TPSA) is 32.8 Å². The summed E-state index contributed by atoms with van der Waals surface area (Å²) in [5.74, 6) is 0.106. The fraction of sp³-hybridized carbons (Fsp3) is 0.381. The second-order valence-corrected chi connectivity index (χ2v) is 6.83. The summed E-state index contributed by atoms with van der Waals surface area (Å²) in [5, 5.41) is 0. The van der Waals surface area contributed by atoms with E-state index in [1.54, 1.807) is 0 Å². The number of carbonyl (C=O) groups is 1. The van der Waals surface area contributed by atoms with E-state index in [4.69, 9.17) is 4.74 Å². The molecule has 1 unspecified atom stereocenters. The molecule has 4 nitrogen and oxygen atoms in total. The highest BCUT2D eigenvalue weighted by Crippen LogP contribution is 2.32. The molecule has 0 aromatic heterocycles. The summed E-state index contributed by atoms with van der Waals surface area (Å²) in [6, 6.07) is 19.1. The maximum absolute atomic E-state index is 12.5. The number of hydrogen-bond acceptors (Lipinski definition) is 3. The molecule has 1 saturated heterocycles. The SMILES string of the molecule is O=C(COCc1ccccc1)N1CCN2c3ccccc3CCC2C1. The molecular weight excluding hydrogens is 312 g/mol. The largest absolute Gasteiger partial charge is 0.367 e. The van der Waals surface area contributed by atoms with Crippen molar-refractivity contribution in [2.45, 2.75) is 25.5 Å². The van der Waals surface area contributed by atoms with Gasteiger partial charge in [-0.15, -0.1) is 0 Å². The van der Waals surface area contributed by atoms with Gasteiger partial charge in [0, 0.05) is 31.4 Å². The third-order valence-corrected chi connectivity index (χ3v) is 5.22. The van der Waals surface area contributed by atoms with Gasteiger partial charge in [0.1, 0.15) is 6.61 Å². The summed E-state index contributed by atoms with van der Waals surface area (Å²) in [6.07, 6.45) is 2.22. The summed E-state index contributed by atoms with van der Waals surface area (Å²) in [6.45, 7) is 3.15. The predicted octanol–water partition coefficient (Wildman–Crippen LogP) is 2.87. The van der Waals surface area contributed by atoms with E-state index in [-0.39, 0.29) is 12.5 Å². The lowest BCUT2D eigenvalue weighted by Crippen LogP contribution is -2.57. The van der Waals surface area contributed by atoms with Crippen LogP contribution in [0.15, 0.2) is 54.6 Å². The molecule has 0 radical (unpaired) electrons. The van der Waals surface area contributed by atoms with Crippen LogP contribution in [-0.2, 0) is 22.6 Å². The normalized spacial score (nSPS) is 19.3. The fourth-order valence-corrected chi connectivity index (χ4v) is 3.89. The van der Waals surface area contributed by atoms with Crippen molar-refractivity contribution in [1.82, 2.24) is 4.90 Å². The lowest BCUT2D eigenvalue weighted by molar-refractivity contribution is -0.137. The van der Waals surface area contributed by atoms with Gasteiger partial charge in [0.2, 0.25) is 5.91 Å². The Kier molecular flexibility index (Phi) is 4.70. The van der Waals surface area contributed by atoms with Crippen LogP contribution in [0.5, 0.6) is 0 Å². The van der Waals surface area contributed by atoms with Crippen LogP contribution in [0.25, 0.3) is 0 Å². The summed E-state index contributed by atoms with van der Waals surface area (Å²) in [4.78, 5) is 16.9. The van der Waals surface area contributed by atoms with Crippen LogP contribution in [0.1, 0.15) is 17.5 Å². The minimum absolute atomic E-state index is 0.106. The van der Waals surface area contributed by atoms with Gasteiger partial charge in [0.25, 0.3) is 0 Å². The molecule has 0 N–H and O–H groups in total. The van der Waals surface area contributed by atoms with E-state index in [0.717, 1.165) is 38.0 Å². The lowest BCUT2D eigenvalue weighted by Gasteiger charge is -2.46. The van der Waals surface area contributed by atoms with E-state index < -0.39 is 0 Å². The molecule has 1 amide bonds. The molecule has 2 aliphatic rings. The molecule has 130 valence electrons. The minimum Gasteiger partial charge on any atom is -0.367 e. The van der Waals surface area contributed by atoms with Gasteiger partial charge in [-0.1, -0.05) is 48.5 Å². The van der Waals surface area contributed by atoms with Gasteiger partial charge in [-0.3, -0.25) is 4.79 Å². The highest BCUT2D eigenvalue weighted by atomic mass is 16.5. The first-order valence-electron chi connectivity index (χ1n) is 9.05. The number of amides is 1. The number of nitrogens with zero attached hydrogens (tertiary/aromatic N) is 2. The van der Waals surface area contributed by atoms with E-state index in [0.29, 0.717) is 12.6 Å². The number of para-hydroxylation sites is 1. The first kappa shape index (κ1) is 16.2. The summed E-state index contributed by atoms with van der Waals surface area (Å²) >= 11 is 0. The van der Waals surface area contributed by atoms with Crippen LogP contribution in [0, 0.1) is 0 Å². The van der Waals surface area contributed by atoms with Gasteiger partial charge >= 0.3 is 0 Å². The van der Waals surface area contributed by atoms with E-state index in [1.807, 2.05) is 35.2 Å². The van der Waals surface area contributed by atoms with Crippen molar-refractivity contribution in [3.05, 3.63) is 65.7 Å². The molecule has 2 aromatic rings. The van der Waals surface area contributed by atoms with Gasteiger partial charge in [-0.2, -0.15) is 0 Å². The highest BCUT2D eigenvalue weighted by molar-refractivity contribution is 5.78. The third-order valence-electron chi connectivity index (χ3n) is 5.22. The zero-order chi connectivity index (χ0) is 17.1. The van der Waals surface area contributed by atoms with Crippen molar-refractivity contribution in [2.75, 3.05) is 31.1 Å². The van der Waals surface area contributed by atoms with E-state index >= 15 is 0 Å². The molecule has 4 rings (SSSR count). The second-order valence-electron chi connectivity index (χ2n) is 6.83. The van der Waals surface area contributed by atoms with Crippen molar-refractivity contribution in [3.8, 4) is 0 Å². The first-order valence-corrected chi connectivity index (χ1v) is 9.05. The molecule has 25 heavy (non-hydrogen) atoms. The number of ether oxygens (including phenoxy) is 1. The summed E-state index contributed by atoms with van der Waals surface area (Å²) in [7, 11) is 0. The first-order chi connectivity index (χ1) is 12.3. The number of fused-ring (bicyclic) bond motifs is 3. The maximum Gasteiger partial charge on any atom is 0.248 e.